The molecular formula is C16H19NO3S. The second-order valence-corrected chi connectivity index (χ2v) is 5.82. The Kier molecular flexibility index (Phi) is 5.36. The molecule has 0 aliphatic rings. The minimum absolute atomic E-state index is 0.139. The number of benzene rings is 1. The van der Waals surface area contributed by atoms with Crippen LogP contribution in [0, 0.1) is 0 Å². The van der Waals surface area contributed by atoms with Gasteiger partial charge in [0.05, 0.1) is 18.8 Å². The van der Waals surface area contributed by atoms with Crippen LogP contribution in [0.25, 0.3) is 0 Å². The first-order valence-electron chi connectivity index (χ1n) is 6.77. The van der Waals surface area contributed by atoms with E-state index in [1.165, 1.54) is 18.4 Å². The van der Waals surface area contributed by atoms with E-state index in [9.17, 15) is 9.90 Å². The van der Waals surface area contributed by atoms with Gasteiger partial charge in [0.15, 0.2) is 0 Å². The molecule has 0 spiro atoms. The fraction of sp³-hybridized carbons (Fsp3) is 0.312. The molecule has 0 saturated carbocycles. The van der Waals surface area contributed by atoms with Gasteiger partial charge in [-0.05, 0) is 36.9 Å². The van der Waals surface area contributed by atoms with Crippen molar-refractivity contribution in [1.82, 2.24) is 5.32 Å². The molecule has 0 aliphatic carbocycles. The Hall–Kier alpha value is -1.85. The first-order chi connectivity index (χ1) is 10.1. The zero-order chi connectivity index (χ0) is 15.2. The molecule has 0 fully saturated rings. The van der Waals surface area contributed by atoms with Gasteiger partial charge in [-0.3, -0.25) is 4.79 Å². The molecule has 1 heterocycles. The minimum atomic E-state index is -0.557. The van der Waals surface area contributed by atoms with Gasteiger partial charge < -0.3 is 15.2 Å². The van der Waals surface area contributed by atoms with Crippen LogP contribution < -0.4 is 10.1 Å². The summed E-state index contributed by atoms with van der Waals surface area (Å²) in [5.41, 5.74) is 0.498. The number of hydrogen-bond acceptors (Lipinski definition) is 4. The topological polar surface area (TPSA) is 58.6 Å². The van der Waals surface area contributed by atoms with Crippen LogP contribution in [0.4, 0.5) is 0 Å². The standard InChI is InChI=1S/C16H19NO3S/c1-11(10-13(18)15-8-5-9-21-15)17-16(19)12-6-3-4-7-14(12)20-2/h3-9,11,13,18H,10H2,1-2H3,(H,17,19)/t11-,13+/m1/s1. The van der Waals surface area contributed by atoms with E-state index in [0.717, 1.165) is 4.88 Å². The lowest BCUT2D eigenvalue weighted by molar-refractivity contribution is 0.0915. The summed E-state index contributed by atoms with van der Waals surface area (Å²) < 4.78 is 5.18. The average Bonchev–Trinajstić information content (AvgIpc) is 3.01. The zero-order valence-corrected chi connectivity index (χ0v) is 12.9. The molecule has 2 N–H and O–H groups in total. The molecule has 0 aliphatic heterocycles. The molecule has 1 aromatic heterocycles. The summed E-state index contributed by atoms with van der Waals surface area (Å²) >= 11 is 1.51. The van der Waals surface area contributed by atoms with Gasteiger partial charge in [0.25, 0.3) is 5.91 Å². The highest BCUT2D eigenvalue weighted by atomic mass is 32.1. The fourth-order valence-corrected chi connectivity index (χ4v) is 2.85. The number of carbonyl (C=O) groups excluding carboxylic acids is 1. The van der Waals surface area contributed by atoms with Crippen molar-refractivity contribution in [3.8, 4) is 5.75 Å². The van der Waals surface area contributed by atoms with Crippen molar-refractivity contribution in [3.63, 3.8) is 0 Å². The second kappa shape index (κ2) is 7.24. The molecule has 2 atom stereocenters. The summed E-state index contributed by atoms with van der Waals surface area (Å²) in [5.74, 6) is 0.347. The third-order valence-corrected chi connectivity index (χ3v) is 4.15. The van der Waals surface area contributed by atoms with E-state index < -0.39 is 6.10 Å². The van der Waals surface area contributed by atoms with Crippen LogP contribution in [0.15, 0.2) is 41.8 Å². The average molecular weight is 305 g/mol. The molecule has 2 rings (SSSR count). The molecule has 0 radical (unpaired) electrons. The lowest BCUT2D eigenvalue weighted by Crippen LogP contribution is -2.33. The third kappa shape index (κ3) is 4.06. The SMILES string of the molecule is COc1ccccc1C(=O)N[C@H](C)C[C@H](O)c1cccs1. The second-order valence-electron chi connectivity index (χ2n) is 4.84. The monoisotopic (exact) mass is 305 g/mol. The van der Waals surface area contributed by atoms with Gasteiger partial charge in [0.2, 0.25) is 0 Å². The van der Waals surface area contributed by atoms with Crippen molar-refractivity contribution in [3.05, 3.63) is 52.2 Å². The Labute approximate surface area is 128 Å². The predicted octanol–water partition coefficient (Wildman–Crippen LogP) is 3.00. The fourth-order valence-electron chi connectivity index (χ4n) is 2.12. The minimum Gasteiger partial charge on any atom is -0.496 e. The number of para-hydroxylation sites is 1. The maximum absolute atomic E-state index is 12.2. The number of nitrogens with one attached hydrogen (secondary N) is 1. The van der Waals surface area contributed by atoms with Crippen LogP contribution in [0.3, 0.4) is 0 Å². The molecule has 2 aromatic rings. The number of thiophene rings is 1. The van der Waals surface area contributed by atoms with Gasteiger partial charge in [-0.25, -0.2) is 0 Å². The van der Waals surface area contributed by atoms with Crippen molar-refractivity contribution in [2.45, 2.75) is 25.5 Å². The summed E-state index contributed by atoms with van der Waals surface area (Å²) in [4.78, 5) is 13.1. The maximum Gasteiger partial charge on any atom is 0.255 e. The molecule has 21 heavy (non-hydrogen) atoms. The summed E-state index contributed by atoms with van der Waals surface area (Å²) in [6.07, 6.45) is -0.0838. The van der Waals surface area contributed by atoms with Crippen LogP contribution in [-0.2, 0) is 0 Å². The molecule has 0 unspecified atom stereocenters. The van der Waals surface area contributed by atoms with Gasteiger partial charge in [0.1, 0.15) is 5.75 Å². The Bertz CT molecular complexity index is 583. The van der Waals surface area contributed by atoms with E-state index in [1.54, 1.807) is 18.2 Å². The molecule has 5 heteroatoms. The van der Waals surface area contributed by atoms with Crippen LogP contribution in [0.1, 0.15) is 34.7 Å². The van der Waals surface area contributed by atoms with E-state index in [1.807, 2.05) is 30.5 Å². The van der Waals surface area contributed by atoms with Crippen molar-refractivity contribution in [1.29, 1.82) is 0 Å². The molecule has 112 valence electrons. The summed E-state index contributed by atoms with van der Waals surface area (Å²) in [6.45, 7) is 1.88. The highest BCUT2D eigenvalue weighted by molar-refractivity contribution is 7.10. The zero-order valence-electron chi connectivity index (χ0n) is 12.1. The largest absolute Gasteiger partial charge is 0.496 e. The van der Waals surface area contributed by atoms with Crippen LogP contribution in [-0.4, -0.2) is 24.2 Å². The number of aliphatic hydroxyl groups is 1. The first kappa shape index (κ1) is 15.5. The van der Waals surface area contributed by atoms with E-state index in [2.05, 4.69) is 5.32 Å². The molecule has 1 aromatic carbocycles. The highest BCUT2D eigenvalue weighted by Gasteiger charge is 2.17. The Morgan fingerprint density at radius 2 is 2.10 bits per heavy atom. The number of aliphatic hydroxyl groups excluding tert-OH is 1. The number of methoxy groups -OCH3 is 1. The van der Waals surface area contributed by atoms with Crippen molar-refractivity contribution < 1.29 is 14.6 Å². The van der Waals surface area contributed by atoms with Gasteiger partial charge in [-0.2, -0.15) is 0 Å². The lowest BCUT2D eigenvalue weighted by atomic mass is 10.1. The van der Waals surface area contributed by atoms with E-state index in [0.29, 0.717) is 17.7 Å². The van der Waals surface area contributed by atoms with Gasteiger partial charge in [0, 0.05) is 10.9 Å². The number of carbonyl (C=O) groups is 1. The Balaban J connectivity index is 1.96. The summed E-state index contributed by atoms with van der Waals surface area (Å²) in [7, 11) is 1.54. The first-order valence-corrected chi connectivity index (χ1v) is 7.65. The Morgan fingerprint density at radius 3 is 2.76 bits per heavy atom. The lowest BCUT2D eigenvalue weighted by Gasteiger charge is -2.18. The summed E-state index contributed by atoms with van der Waals surface area (Å²) in [6, 6.07) is 10.7. The van der Waals surface area contributed by atoms with Crippen LogP contribution in [0.5, 0.6) is 5.75 Å². The number of amides is 1. The third-order valence-electron chi connectivity index (χ3n) is 3.18. The number of rotatable bonds is 6. The summed E-state index contributed by atoms with van der Waals surface area (Å²) in [5, 5.41) is 14.9. The smallest absolute Gasteiger partial charge is 0.255 e. The van der Waals surface area contributed by atoms with Crippen molar-refractivity contribution in [2.24, 2.45) is 0 Å². The molecular weight excluding hydrogens is 286 g/mol. The van der Waals surface area contributed by atoms with Crippen LogP contribution in [0.2, 0.25) is 0 Å². The van der Waals surface area contributed by atoms with Crippen molar-refractivity contribution >= 4 is 17.2 Å². The predicted molar refractivity (Wildman–Crippen MR) is 83.8 cm³/mol. The maximum atomic E-state index is 12.2. The van der Waals surface area contributed by atoms with E-state index >= 15 is 0 Å². The van der Waals surface area contributed by atoms with Gasteiger partial charge >= 0.3 is 0 Å². The quantitative estimate of drug-likeness (QED) is 0.862. The Morgan fingerprint density at radius 1 is 1.33 bits per heavy atom. The van der Waals surface area contributed by atoms with Crippen LogP contribution >= 0.6 is 11.3 Å². The normalized spacial score (nSPS) is 13.5. The van der Waals surface area contributed by atoms with E-state index in [-0.39, 0.29) is 11.9 Å². The van der Waals surface area contributed by atoms with Gasteiger partial charge in [-0.1, -0.05) is 18.2 Å². The molecule has 1 amide bonds. The highest BCUT2D eigenvalue weighted by Crippen LogP contribution is 2.23. The van der Waals surface area contributed by atoms with Gasteiger partial charge in [-0.15, -0.1) is 11.3 Å². The number of hydrogen-bond donors (Lipinski definition) is 2. The van der Waals surface area contributed by atoms with Crippen molar-refractivity contribution in [2.75, 3.05) is 7.11 Å². The molecule has 0 bridgehead atoms. The molecule has 0 saturated heterocycles. The van der Waals surface area contributed by atoms with E-state index in [4.69, 9.17) is 4.74 Å². The number of ether oxygens (including phenoxy) is 1. The molecule has 4 nitrogen and oxygen atoms in total.